The molecule has 0 radical (unpaired) electrons. The van der Waals surface area contributed by atoms with Crippen LogP contribution in [0.4, 0.5) is 8.78 Å². The first-order valence-electron chi connectivity index (χ1n) is 9.95. The SMILES string of the molecule is N#Cc1c(-c2ncc(S(=O)(=O)NC(CF)CF)cn2)n(C2CCCC2)c2ncc(Cl)cc12. The van der Waals surface area contributed by atoms with Gasteiger partial charge in [-0.1, -0.05) is 24.4 Å². The molecule has 1 N–H and O–H groups in total. The maximum Gasteiger partial charge on any atom is 0.244 e. The zero-order valence-electron chi connectivity index (χ0n) is 16.8. The molecular formula is C20H19ClF2N6O2S. The van der Waals surface area contributed by atoms with Crippen molar-refractivity contribution in [2.45, 2.75) is 42.7 Å². The summed E-state index contributed by atoms with van der Waals surface area (Å²) in [5.41, 5.74) is 1.32. The summed E-state index contributed by atoms with van der Waals surface area (Å²) in [7, 11) is -4.21. The van der Waals surface area contributed by atoms with E-state index in [2.05, 4.69) is 21.0 Å². The number of nitrogens with one attached hydrogen (secondary N) is 1. The van der Waals surface area contributed by atoms with Crippen molar-refractivity contribution in [1.29, 1.82) is 5.26 Å². The first-order chi connectivity index (χ1) is 15.4. The zero-order valence-corrected chi connectivity index (χ0v) is 18.4. The Labute approximate surface area is 188 Å². The van der Waals surface area contributed by atoms with Gasteiger partial charge < -0.3 is 4.57 Å². The van der Waals surface area contributed by atoms with Crippen molar-refractivity contribution in [1.82, 2.24) is 24.2 Å². The molecule has 168 valence electrons. The molecule has 0 bridgehead atoms. The van der Waals surface area contributed by atoms with E-state index in [1.165, 1.54) is 6.20 Å². The van der Waals surface area contributed by atoms with Crippen molar-refractivity contribution >= 4 is 32.7 Å². The quantitative estimate of drug-likeness (QED) is 0.551. The molecule has 3 aromatic heterocycles. The second-order valence-corrected chi connectivity index (χ2v) is 9.69. The summed E-state index contributed by atoms with van der Waals surface area (Å²) in [4.78, 5) is 12.5. The molecular weight excluding hydrogens is 462 g/mol. The summed E-state index contributed by atoms with van der Waals surface area (Å²) < 4.78 is 54.1. The van der Waals surface area contributed by atoms with Crippen molar-refractivity contribution in [3.05, 3.63) is 35.2 Å². The summed E-state index contributed by atoms with van der Waals surface area (Å²) in [6.07, 6.45) is 7.48. The number of rotatable bonds is 7. The van der Waals surface area contributed by atoms with E-state index in [9.17, 15) is 22.5 Å². The molecule has 1 aliphatic carbocycles. The van der Waals surface area contributed by atoms with E-state index in [-0.39, 0.29) is 16.8 Å². The van der Waals surface area contributed by atoms with Gasteiger partial charge in [-0.05, 0) is 18.9 Å². The zero-order chi connectivity index (χ0) is 22.9. The van der Waals surface area contributed by atoms with Crippen LogP contribution in [0.25, 0.3) is 22.6 Å². The molecule has 3 heterocycles. The highest BCUT2D eigenvalue weighted by Crippen LogP contribution is 2.40. The Balaban J connectivity index is 1.83. The molecule has 0 spiro atoms. The second-order valence-electron chi connectivity index (χ2n) is 7.54. The Bertz CT molecular complexity index is 1280. The van der Waals surface area contributed by atoms with Gasteiger partial charge in [0.1, 0.15) is 35.7 Å². The molecule has 3 aromatic rings. The number of alkyl halides is 2. The Kier molecular flexibility index (Phi) is 6.37. The van der Waals surface area contributed by atoms with E-state index >= 15 is 0 Å². The topological polar surface area (TPSA) is 114 Å². The molecule has 0 atom stereocenters. The molecule has 1 saturated carbocycles. The number of nitriles is 1. The molecule has 32 heavy (non-hydrogen) atoms. The predicted molar refractivity (Wildman–Crippen MR) is 114 cm³/mol. The lowest BCUT2D eigenvalue weighted by atomic mass is 10.1. The van der Waals surface area contributed by atoms with E-state index in [0.29, 0.717) is 27.3 Å². The van der Waals surface area contributed by atoms with Crippen LogP contribution in [0.3, 0.4) is 0 Å². The van der Waals surface area contributed by atoms with E-state index < -0.39 is 29.4 Å². The molecule has 0 aliphatic heterocycles. The van der Waals surface area contributed by atoms with Crippen LogP contribution in [-0.4, -0.2) is 47.3 Å². The van der Waals surface area contributed by atoms with E-state index in [4.69, 9.17) is 11.6 Å². The lowest BCUT2D eigenvalue weighted by Gasteiger charge is -2.17. The first kappa shape index (κ1) is 22.5. The minimum absolute atomic E-state index is 0.0896. The van der Waals surface area contributed by atoms with Crippen molar-refractivity contribution < 1.29 is 17.2 Å². The van der Waals surface area contributed by atoms with Crippen molar-refractivity contribution in [2.24, 2.45) is 0 Å². The highest BCUT2D eigenvalue weighted by Gasteiger charge is 2.29. The summed E-state index contributed by atoms with van der Waals surface area (Å²) in [6, 6.07) is 2.45. The van der Waals surface area contributed by atoms with Crippen LogP contribution in [0, 0.1) is 11.3 Å². The van der Waals surface area contributed by atoms with Crippen molar-refractivity contribution in [3.8, 4) is 17.6 Å². The molecule has 8 nitrogen and oxygen atoms in total. The number of aromatic nitrogens is 4. The minimum atomic E-state index is -4.21. The molecule has 1 aliphatic rings. The highest BCUT2D eigenvalue weighted by atomic mass is 35.5. The molecule has 0 unspecified atom stereocenters. The molecule has 12 heteroatoms. The third-order valence-corrected chi connectivity index (χ3v) is 7.14. The molecule has 1 fully saturated rings. The second kappa shape index (κ2) is 9.05. The minimum Gasteiger partial charge on any atom is -0.318 e. The van der Waals surface area contributed by atoms with Crippen LogP contribution in [0.5, 0.6) is 0 Å². The van der Waals surface area contributed by atoms with Crippen LogP contribution in [0.1, 0.15) is 37.3 Å². The third-order valence-electron chi connectivity index (χ3n) is 5.45. The summed E-state index contributed by atoms with van der Waals surface area (Å²) in [6.45, 7) is -2.37. The molecule has 0 amide bonds. The summed E-state index contributed by atoms with van der Waals surface area (Å²) >= 11 is 6.11. The van der Waals surface area contributed by atoms with Gasteiger partial charge in [-0.2, -0.15) is 5.26 Å². The van der Waals surface area contributed by atoms with Gasteiger partial charge in [0.05, 0.1) is 29.0 Å². The van der Waals surface area contributed by atoms with Crippen molar-refractivity contribution in [3.63, 3.8) is 0 Å². The van der Waals surface area contributed by atoms with Crippen LogP contribution in [0.15, 0.2) is 29.6 Å². The Morgan fingerprint density at radius 2 is 1.84 bits per heavy atom. The number of pyridine rings is 1. The van der Waals surface area contributed by atoms with Gasteiger partial charge in [-0.25, -0.2) is 36.9 Å². The fourth-order valence-electron chi connectivity index (χ4n) is 3.98. The van der Waals surface area contributed by atoms with Gasteiger partial charge >= 0.3 is 0 Å². The smallest absolute Gasteiger partial charge is 0.244 e. The lowest BCUT2D eigenvalue weighted by molar-refractivity contribution is 0.334. The number of fused-ring (bicyclic) bond motifs is 1. The normalized spacial score (nSPS) is 15.0. The number of nitrogens with zero attached hydrogens (tertiary/aromatic N) is 5. The Morgan fingerprint density at radius 3 is 2.44 bits per heavy atom. The predicted octanol–water partition coefficient (Wildman–Crippen LogP) is 3.72. The molecule has 4 rings (SSSR count). The average molecular weight is 481 g/mol. The van der Waals surface area contributed by atoms with E-state index in [1.807, 2.05) is 9.29 Å². The monoisotopic (exact) mass is 480 g/mol. The molecule has 0 aromatic carbocycles. The Morgan fingerprint density at radius 1 is 1.19 bits per heavy atom. The fraction of sp³-hybridized carbons (Fsp3) is 0.400. The maximum absolute atomic E-state index is 12.7. The van der Waals surface area contributed by atoms with Gasteiger partial charge in [0.25, 0.3) is 0 Å². The Hall–Kier alpha value is -2.68. The molecule has 0 saturated heterocycles. The standard InChI is InChI=1S/C20H19ClF2N6O2S/c21-12-5-16-17(8-24)18(29(20(16)27-9-12)14-3-1-2-4-14)19-25-10-15(11-26-19)32(30,31)28-13(6-22)7-23/h5,9-11,13-14,28H,1-4,6-7H2. The van der Waals surface area contributed by atoms with Gasteiger partial charge in [-0.15, -0.1) is 0 Å². The third kappa shape index (κ3) is 4.05. The highest BCUT2D eigenvalue weighted by molar-refractivity contribution is 7.89. The van der Waals surface area contributed by atoms with Crippen LogP contribution >= 0.6 is 11.6 Å². The fourth-order valence-corrected chi connectivity index (χ4v) is 5.22. The lowest BCUT2D eigenvalue weighted by Crippen LogP contribution is -2.38. The van der Waals surface area contributed by atoms with Gasteiger partial charge in [0.15, 0.2) is 5.82 Å². The van der Waals surface area contributed by atoms with Crippen LogP contribution in [-0.2, 0) is 10.0 Å². The van der Waals surface area contributed by atoms with Gasteiger partial charge in [0.2, 0.25) is 10.0 Å². The number of halogens is 3. The van der Waals surface area contributed by atoms with Crippen LogP contribution in [0.2, 0.25) is 5.02 Å². The van der Waals surface area contributed by atoms with Crippen LogP contribution < -0.4 is 4.72 Å². The van der Waals surface area contributed by atoms with E-state index in [0.717, 1.165) is 38.1 Å². The summed E-state index contributed by atoms with van der Waals surface area (Å²) in [5.74, 6) is 0.147. The van der Waals surface area contributed by atoms with Crippen molar-refractivity contribution in [2.75, 3.05) is 13.3 Å². The average Bonchev–Trinajstić information content (AvgIpc) is 3.43. The number of hydrogen-bond acceptors (Lipinski definition) is 6. The number of hydrogen-bond donors (Lipinski definition) is 1. The van der Waals surface area contributed by atoms with Gasteiger partial charge in [0, 0.05) is 17.6 Å². The van der Waals surface area contributed by atoms with Gasteiger partial charge in [-0.3, -0.25) is 0 Å². The first-order valence-corrected chi connectivity index (χ1v) is 11.8. The maximum atomic E-state index is 12.7. The summed E-state index contributed by atoms with van der Waals surface area (Å²) in [5, 5.41) is 10.8. The number of sulfonamides is 1. The largest absolute Gasteiger partial charge is 0.318 e. The van der Waals surface area contributed by atoms with E-state index in [1.54, 1.807) is 6.07 Å².